The maximum atomic E-state index is 12.0. The number of nitrogens with one attached hydrogen (secondary N) is 1. The summed E-state index contributed by atoms with van der Waals surface area (Å²) < 4.78 is 6.38. The first-order valence-electron chi connectivity index (χ1n) is 7.68. The maximum absolute atomic E-state index is 12.0. The van der Waals surface area contributed by atoms with Crippen LogP contribution in [0.4, 0.5) is 0 Å². The number of para-hydroxylation sites is 2. The number of aliphatic hydroxyl groups is 1. The number of carbonyl (C=O) groups excluding carboxylic acids is 1. The van der Waals surface area contributed by atoms with Crippen LogP contribution in [0.15, 0.2) is 33.5 Å². The van der Waals surface area contributed by atoms with E-state index in [1.165, 1.54) is 4.57 Å². The number of benzene rings is 1. The first-order valence-corrected chi connectivity index (χ1v) is 7.68. The molecule has 0 radical (unpaired) electrons. The number of hydrogen-bond acceptors (Lipinski definition) is 4. The van der Waals surface area contributed by atoms with E-state index < -0.39 is 11.9 Å². The topological polar surface area (TPSA) is 84.5 Å². The number of aromatic nitrogens is 1. The Labute approximate surface area is 127 Å². The van der Waals surface area contributed by atoms with Gasteiger partial charge in [0.2, 0.25) is 5.91 Å². The van der Waals surface area contributed by atoms with Gasteiger partial charge in [0.15, 0.2) is 5.58 Å². The van der Waals surface area contributed by atoms with Gasteiger partial charge in [0.25, 0.3) is 0 Å². The monoisotopic (exact) mass is 304 g/mol. The molecule has 1 fully saturated rings. The molecule has 22 heavy (non-hydrogen) atoms. The minimum Gasteiger partial charge on any atom is -0.408 e. The van der Waals surface area contributed by atoms with Gasteiger partial charge in [-0.2, -0.15) is 0 Å². The van der Waals surface area contributed by atoms with Gasteiger partial charge in [-0.15, -0.1) is 0 Å². The molecule has 6 nitrogen and oxygen atoms in total. The highest BCUT2D eigenvalue weighted by Crippen LogP contribution is 2.27. The van der Waals surface area contributed by atoms with Crippen LogP contribution in [0.5, 0.6) is 0 Å². The van der Waals surface area contributed by atoms with Gasteiger partial charge in [-0.3, -0.25) is 9.36 Å². The molecule has 2 aromatic rings. The second-order valence-corrected chi connectivity index (χ2v) is 5.84. The van der Waals surface area contributed by atoms with E-state index in [4.69, 9.17) is 4.42 Å². The minimum absolute atomic E-state index is 0.104. The molecule has 0 bridgehead atoms. The van der Waals surface area contributed by atoms with Crippen molar-refractivity contribution in [2.45, 2.75) is 38.3 Å². The van der Waals surface area contributed by atoms with Crippen molar-refractivity contribution in [2.75, 3.05) is 6.54 Å². The van der Waals surface area contributed by atoms with Crippen molar-refractivity contribution < 1.29 is 14.3 Å². The Kier molecular flexibility index (Phi) is 4.29. The highest BCUT2D eigenvalue weighted by Gasteiger charge is 2.23. The molecule has 118 valence electrons. The number of hydrogen-bond donors (Lipinski definition) is 2. The quantitative estimate of drug-likeness (QED) is 0.871. The summed E-state index contributed by atoms with van der Waals surface area (Å²) in [6.07, 6.45) is 3.81. The van der Waals surface area contributed by atoms with Gasteiger partial charge in [0, 0.05) is 6.54 Å². The lowest BCUT2D eigenvalue weighted by Crippen LogP contribution is -2.38. The van der Waals surface area contributed by atoms with E-state index >= 15 is 0 Å². The Morgan fingerprint density at radius 3 is 2.86 bits per heavy atom. The number of nitrogens with zero attached hydrogens (tertiary/aromatic N) is 1. The fraction of sp³-hybridized carbons (Fsp3) is 0.500. The van der Waals surface area contributed by atoms with E-state index in [2.05, 4.69) is 5.32 Å². The Hall–Kier alpha value is -2.08. The van der Waals surface area contributed by atoms with Crippen LogP contribution in [0.1, 0.15) is 25.7 Å². The molecule has 1 saturated carbocycles. The molecule has 2 N–H and O–H groups in total. The molecule has 0 spiro atoms. The normalized spacial score (nSPS) is 17.0. The number of carbonyl (C=O) groups is 1. The predicted molar refractivity (Wildman–Crippen MR) is 81.4 cm³/mol. The second kappa shape index (κ2) is 6.36. The molecule has 1 aliphatic carbocycles. The predicted octanol–water partition coefficient (Wildman–Crippen LogP) is 1.26. The Morgan fingerprint density at radius 2 is 2.09 bits per heavy atom. The SMILES string of the molecule is O=C(Cn1c(=O)oc2ccccc21)NCC(O)C1CCCC1. The average molecular weight is 304 g/mol. The first-order chi connectivity index (χ1) is 10.6. The Morgan fingerprint density at radius 1 is 1.36 bits per heavy atom. The van der Waals surface area contributed by atoms with E-state index in [1.54, 1.807) is 24.3 Å². The van der Waals surface area contributed by atoms with Crippen molar-refractivity contribution in [3.05, 3.63) is 34.8 Å². The second-order valence-electron chi connectivity index (χ2n) is 5.84. The van der Waals surface area contributed by atoms with Crippen LogP contribution in [0, 0.1) is 5.92 Å². The minimum atomic E-state index is -0.548. The summed E-state index contributed by atoms with van der Waals surface area (Å²) in [7, 11) is 0. The molecule has 1 amide bonds. The van der Waals surface area contributed by atoms with Crippen LogP contribution in [0.3, 0.4) is 0 Å². The van der Waals surface area contributed by atoms with Crippen molar-refractivity contribution in [3.63, 3.8) is 0 Å². The lowest BCUT2D eigenvalue weighted by molar-refractivity contribution is -0.122. The zero-order chi connectivity index (χ0) is 15.5. The van der Waals surface area contributed by atoms with Gasteiger partial charge in [0.1, 0.15) is 6.54 Å². The molecule has 1 aliphatic rings. The van der Waals surface area contributed by atoms with E-state index in [0.29, 0.717) is 11.1 Å². The van der Waals surface area contributed by atoms with Gasteiger partial charge in [-0.25, -0.2) is 4.79 Å². The van der Waals surface area contributed by atoms with Crippen LogP contribution < -0.4 is 11.1 Å². The van der Waals surface area contributed by atoms with Crippen LogP contribution >= 0.6 is 0 Å². The smallest absolute Gasteiger partial charge is 0.408 e. The van der Waals surface area contributed by atoms with Crippen LogP contribution in [-0.2, 0) is 11.3 Å². The molecule has 1 aromatic carbocycles. The fourth-order valence-corrected chi connectivity index (χ4v) is 3.09. The van der Waals surface area contributed by atoms with Crippen molar-refractivity contribution >= 4 is 17.0 Å². The molecule has 1 aromatic heterocycles. The molecule has 3 rings (SSSR count). The highest BCUT2D eigenvalue weighted by atomic mass is 16.4. The summed E-state index contributed by atoms with van der Waals surface area (Å²) in [6, 6.07) is 6.99. The molecule has 0 saturated heterocycles. The molecule has 1 unspecified atom stereocenters. The van der Waals surface area contributed by atoms with Crippen molar-refractivity contribution in [2.24, 2.45) is 5.92 Å². The van der Waals surface area contributed by atoms with Crippen LogP contribution in [0.25, 0.3) is 11.1 Å². The van der Waals surface area contributed by atoms with Crippen molar-refractivity contribution in [3.8, 4) is 0 Å². The molecule has 1 atom stereocenters. The molecule has 1 heterocycles. The largest absolute Gasteiger partial charge is 0.420 e. The number of oxazole rings is 1. The third-order valence-corrected chi connectivity index (χ3v) is 4.33. The number of aliphatic hydroxyl groups excluding tert-OH is 1. The van der Waals surface area contributed by atoms with E-state index in [-0.39, 0.29) is 24.9 Å². The lowest BCUT2D eigenvalue weighted by Gasteiger charge is -2.18. The number of rotatable bonds is 5. The van der Waals surface area contributed by atoms with Crippen LogP contribution in [-0.4, -0.2) is 28.2 Å². The first kappa shape index (κ1) is 14.8. The molecular weight excluding hydrogens is 284 g/mol. The Balaban J connectivity index is 1.61. The average Bonchev–Trinajstić information content (AvgIpc) is 3.14. The third-order valence-electron chi connectivity index (χ3n) is 4.33. The van der Waals surface area contributed by atoms with Crippen molar-refractivity contribution in [1.29, 1.82) is 0 Å². The summed E-state index contributed by atoms with van der Waals surface area (Å²) in [5, 5.41) is 12.7. The van der Waals surface area contributed by atoms with E-state index in [9.17, 15) is 14.7 Å². The molecular formula is C16H20N2O4. The number of amides is 1. The van der Waals surface area contributed by atoms with Crippen LogP contribution in [0.2, 0.25) is 0 Å². The standard InChI is InChI=1S/C16H20N2O4/c19-13(11-5-1-2-6-11)9-17-15(20)10-18-12-7-3-4-8-14(12)22-16(18)21/h3-4,7-8,11,13,19H,1-2,5-6,9-10H2,(H,17,20). The number of fused-ring (bicyclic) bond motifs is 1. The molecule has 6 heteroatoms. The maximum Gasteiger partial charge on any atom is 0.420 e. The summed E-state index contributed by atoms with van der Waals surface area (Å²) >= 11 is 0. The third kappa shape index (κ3) is 3.06. The summed E-state index contributed by atoms with van der Waals surface area (Å²) in [6.45, 7) is 0.126. The van der Waals surface area contributed by atoms with Gasteiger partial charge in [-0.05, 0) is 30.9 Å². The lowest BCUT2D eigenvalue weighted by atomic mass is 10.0. The summed E-state index contributed by atoms with van der Waals surface area (Å²) in [5.74, 6) is -0.573. The fourth-order valence-electron chi connectivity index (χ4n) is 3.09. The van der Waals surface area contributed by atoms with E-state index in [0.717, 1.165) is 25.7 Å². The van der Waals surface area contributed by atoms with Gasteiger partial charge in [0.05, 0.1) is 11.6 Å². The zero-order valence-electron chi connectivity index (χ0n) is 12.3. The van der Waals surface area contributed by atoms with E-state index in [1.807, 2.05) is 0 Å². The Bertz CT molecular complexity index is 712. The van der Waals surface area contributed by atoms with Gasteiger partial charge >= 0.3 is 5.76 Å². The zero-order valence-corrected chi connectivity index (χ0v) is 12.3. The highest BCUT2D eigenvalue weighted by molar-refractivity contribution is 5.79. The van der Waals surface area contributed by atoms with Gasteiger partial charge in [-0.1, -0.05) is 25.0 Å². The van der Waals surface area contributed by atoms with Crippen molar-refractivity contribution in [1.82, 2.24) is 9.88 Å². The molecule has 0 aliphatic heterocycles. The summed E-state index contributed by atoms with van der Waals surface area (Å²) in [4.78, 5) is 23.8. The summed E-state index contributed by atoms with van der Waals surface area (Å²) in [5.41, 5.74) is 1.06. The van der Waals surface area contributed by atoms with Gasteiger partial charge < -0.3 is 14.8 Å².